The molecule has 0 radical (unpaired) electrons. The van der Waals surface area contributed by atoms with E-state index in [4.69, 9.17) is 4.74 Å². The molecule has 0 spiro atoms. The average Bonchev–Trinajstić information content (AvgIpc) is 2.41. The van der Waals surface area contributed by atoms with Crippen molar-refractivity contribution >= 4 is 5.97 Å². The Balaban J connectivity index is 2.26. The number of benzene rings is 1. The van der Waals surface area contributed by atoms with Gasteiger partial charge in [-0.15, -0.1) is 0 Å². The average molecular weight is 291 g/mol. The van der Waals surface area contributed by atoms with E-state index in [1.807, 2.05) is 33.8 Å². The van der Waals surface area contributed by atoms with E-state index in [-0.39, 0.29) is 11.9 Å². The first-order valence-corrected chi connectivity index (χ1v) is 7.78. The van der Waals surface area contributed by atoms with Crippen molar-refractivity contribution in [1.29, 1.82) is 0 Å². The summed E-state index contributed by atoms with van der Waals surface area (Å²) in [6.07, 6.45) is 2.11. The van der Waals surface area contributed by atoms with Crippen molar-refractivity contribution in [2.45, 2.75) is 59.1 Å². The summed E-state index contributed by atoms with van der Waals surface area (Å²) in [4.78, 5) is 11.9. The summed E-state index contributed by atoms with van der Waals surface area (Å²) in [6, 6.07) is 10.9. The minimum atomic E-state index is -0.412. The standard InChI is InChI=1S/C18H29NO2/c1-14(17(20)21-18(3,4)5)13-19-15(2)11-12-16-9-7-6-8-10-16/h6-10,14-15,19H,11-13H2,1-5H3/t14-,15-/m1/s1. The van der Waals surface area contributed by atoms with E-state index >= 15 is 0 Å². The molecule has 0 fully saturated rings. The van der Waals surface area contributed by atoms with Gasteiger partial charge in [-0.25, -0.2) is 0 Å². The van der Waals surface area contributed by atoms with E-state index in [0.29, 0.717) is 12.6 Å². The number of hydrogen-bond donors (Lipinski definition) is 1. The topological polar surface area (TPSA) is 38.3 Å². The van der Waals surface area contributed by atoms with Gasteiger partial charge in [0.25, 0.3) is 0 Å². The number of ether oxygens (including phenoxy) is 1. The summed E-state index contributed by atoms with van der Waals surface area (Å²) in [5, 5.41) is 3.42. The van der Waals surface area contributed by atoms with Gasteiger partial charge in [-0.05, 0) is 46.1 Å². The van der Waals surface area contributed by atoms with Crippen molar-refractivity contribution in [2.75, 3.05) is 6.54 Å². The molecule has 118 valence electrons. The number of carbonyl (C=O) groups excluding carboxylic acids is 1. The van der Waals surface area contributed by atoms with Crippen LogP contribution < -0.4 is 5.32 Å². The Morgan fingerprint density at radius 2 is 1.81 bits per heavy atom. The van der Waals surface area contributed by atoms with Crippen LogP contribution in [0.2, 0.25) is 0 Å². The van der Waals surface area contributed by atoms with Crippen LogP contribution >= 0.6 is 0 Å². The van der Waals surface area contributed by atoms with E-state index in [1.165, 1.54) is 5.56 Å². The van der Waals surface area contributed by atoms with Crippen LogP contribution in [-0.2, 0) is 16.0 Å². The van der Waals surface area contributed by atoms with E-state index in [1.54, 1.807) is 0 Å². The first-order valence-electron chi connectivity index (χ1n) is 7.78. The maximum Gasteiger partial charge on any atom is 0.310 e. The zero-order valence-electron chi connectivity index (χ0n) is 14.0. The molecule has 1 aromatic rings. The molecule has 0 aliphatic heterocycles. The Labute approximate surface area is 129 Å². The lowest BCUT2D eigenvalue weighted by molar-refractivity contribution is -0.159. The second kappa shape index (κ2) is 8.18. The van der Waals surface area contributed by atoms with Crippen LogP contribution in [0.1, 0.15) is 46.6 Å². The molecule has 0 saturated heterocycles. The number of aryl methyl sites for hydroxylation is 1. The fourth-order valence-corrected chi connectivity index (χ4v) is 1.99. The van der Waals surface area contributed by atoms with Gasteiger partial charge in [0.2, 0.25) is 0 Å². The molecule has 0 unspecified atom stereocenters. The molecule has 0 aliphatic carbocycles. The Bertz CT molecular complexity index is 423. The first-order chi connectivity index (χ1) is 9.78. The molecule has 1 rings (SSSR count). The van der Waals surface area contributed by atoms with E-state index < -0.39 is 5.60 Å². The van der Waals surface area contributed by atoms with Crippen LogP contribution in [-0.4, -0.2) is 24.2 Å². The normalized spacial score (nSPS) is 14.5. The zero-order chi connectivity index (χ0) is 15.9. The fraction of sp³-hybridized carbons (Fsp3) is 0.611. The highest BCUT2D eigenvalue weighted by atomic mass is 16.6. The molecule has 0 saturated carbocycles. The first kappa shape index (κ1) is 17.7. The number of rotatable bonds is 7. The predicted molar refractivity (Wildman–Crippen MR) is 87.2 cm³/mol. The third-order valence-corrected chi connectivity index (χ3v) is 3.29. The van der Waals surface area contributed by atoms with Gasteiger partial charge >= 0.3 is 5.97 Å². The van der Waals surface area contributed by atoms with Crippen LogP contribution in [0, 0.1) is 5.92 Å². The molecule has 0 heterocycles. The second-order valence-corrected chi connectivity index (χ2v) is 6.77. The van der Waals surface area contributed by atoms with Crippen molar-refractivity contribution in [1.82, 2.24) is 5.32 Å². The zero-order valence-corrected chi connectivity index (χ0v) is 14.0. The van der Waals surface area contributed by atoms with Gasteiger partial charge in [-0.1, -0.05) is 37.3 Å². The number of nitrogens with one attached hydrogen (secondary N) is 1. The predicted octanol–water partition coefficient (Wildman–Crippen LogP) is 3.58. The molecule has 0 bridgehead atoms. The van der Waals surface area contributed by atoms with Gasteiger partial charge in [0, 0.05) is 12.6 Å². The molecule has 3 nitrogen and oxygen atoms in total. The van der Waals surface area contributed by atoms with Crippen molar-refractivity contribution in [2.24, 2.45) is 5.92 Å². The molecule has 21 heavy (non-hydrogen) atoms. The van der Waals surface area contributed by atoms with E-state index in [2.05, 4.69) is 36.5 Å². The Kier molecular flexibility index (Phi) is 6.90. The van der Waals surface area contributed by atoms with Gasteiger partial charge in [0.15, 0.2) is 0 Å². The van der Waals surface area contributed by atoms with Crippen molar-refractivity contribution < 1.29 is 9.53 Å². The number of esters is 1. The third-order valence-electron chi connectivity index (χ3n) is 3.29. The second-order valence-electron chi connectivity index (χ2n) is 6.77. The lowest BCUT2D eigenvalue weighted by atomic mass is 10.1. The summed E-state index contributed by atoms with van der Waals surface area (Å²) in [5.74, 6) is -0.256. The molecule has 0 aliphatic rings. The molecule has 1 aromatic carbocycles. The van der Waals surface area contributed by atoms with Gasteiger partial charge in [0.1, 0.15) is 5.60 Å². The van der Waals surface area contributed by atoms with Gasteiger partial charge in [0.05, 0.1) is 5.92 Å². The summed E-state index contributed by atoms with van der Waals surface area (Å²) >= 11 is 0. The molecular weight excluding hydrogens is 262 g/mol. The van der Waals surface area contributed by atoms with Gasteiger partial charge in [-0.3, -0.25) is 4.79 Å². The number of hydrogen-bond acceptors (Lipinski definition) is 3. The Morgan fingerprint density at radius 1 is 1.19 bits per heavy atom. The quantitative estimate of drug-likeness (QED) is 0.780. The van der Waals surface area contributed by atoms with Crippen molar-refractivity contribution in [3.05, 3.63) is 35.9 Å². The fourth-order valence-electron chi connectivity index (χ4n) is 1.99. The van der Waals surface area contributed by atoms with E-state index in [0.717, 1.165) is 12.8 Å². The Morgan fingerprint density at radius 3 is 2.38 bits per heavy atom. The summed E-state index contributed by atoms with van der Waals surface area (Å²) in [5.41, 5.74) is 0.941. The molecular formula is C18H29NO2. The van der Waals surface area contributed by atoms with Gasteiger partial charge < -0.3 is 10.1 Å². The van der Waals surface area contributed by atoms with Crippen LogP contribution in [0.25, 0.3) is 0 Å². The third kappa shape index (κ3) is 7.86. The molecule has 1 N–H and O–H groups in total. The van der Waals surface area contributed by atoms with Crippen molar-refractivity contribution in [3.8, 4) is 0 Å². The molecule has 2 atom stereocenters. The maximum absolute atomic E-state index is 11.9. The minimum Gasteiger partial charge on any atom is -0.460 e. The maximum atomic E-state index is 11.9. The minimum absolute atomic E-state index is 0.122. The van der Waals surface area contributed by atoms with Crippen LogP contribution in [0.15, 0.2) is 30.3 Å². The smallest absolute Gasteiger partial charge is 0.310 e. The summed E-state index contributed by atoms with van der Waals surface area (Å²) in [6.45, 7) is 10.4. The summed E-state index contributed by atoms with van der Waals surface area (Å²) in [7, 11) is 0. The van der Waals surface area contributed by atoms with Crippen LogP contribution in [0.4, 0.5) is 0 Å². The van der Waals surface area contributed by atoms with Crippen LogP contribution in [0.3, 0.4) is 0 Å². The van der Waals surface area contributed by atoms with Crippen molar-refractivity contribution in [3.63, 3.8) is 0 Å². The highest BCUT2D eigenvalue weighted by Gasteiger charge is 2.21. The molecule has 0 aromatic heterocycles. The monoisotopic (exact) mass is 291 g/mol. The van der Waals surface area contributed by atoms with Crippen LogP contribution in [0.5, 0.6) is 0 Å². The number of carbonyl (C=O) groups is 1. The summed E-state index contributed by atoms with van der Waals surface area (Å²) < 4.78 is 5.38. The Hall–Kier alpha value is -1.35. The molecule has 3 heteroatoms. The van der Waals surface area contributed by atoms with E-state index in [9.17, 15) is 4.79 Å². The van der Waals surface area contributed by atoms with Gasteiger partial charge in [-0.2, -0.15) is 0 Å². The molecule has 0 amide bonds. The largest absolute Gasteiger partial charge is 0.460 e. The lowest BCUT2D eigenvalue weighted by Crippen LogP contribution is -2.36. The lowest BCUT2D eigenvalue weighted by Gasteiger charge is -2.23. The highest BCUT2D eigenvalue weighted by Crippen LogP contribution is 2.11. The SMILES string of the molecule is C[C@H](CCc1ccccc1)NC[C@@H](C)C(=O)OC(C)(C)C. The highest BCUT2D eigenvalue weighted by molar-refractivity contribution is 5.72.